The van der Waals surface area contributed by atoms with Gasteiger partial charge in [-0.3, -0.25) is 4.79 Å². The molecule has 0 aliphatic carbocycles. The fourth-order valence-corrected chi connectivity index (χ4v) is 8.91. The summed E-state index contributed by atoms with van der Waals surface area (Å²) in [4.78, 5) is 17.5. The number of hydrogen-bond donors (Lipinski definition) is 1. The van der Waals surface area contributed by atoms with Crippen molar-refractivity contribution in [2.24, 2.45) is 4.99 Å². The lowest BCUT2D eigenvalue weighted by Crippen LogP contribution is -2.47. The molecule has 0 bridgehead atoms. The van der Waals surface area contributed by atoms with Gasteiger partial charge >= 0.3 is 0 Å². The zero-order valence-corrected chi connectivity index (χ0v) is 19.4. The molecule has 4 nitrogen and oxygen atoms in total. The molecule has 1 N–H and O–H groups in total. The smallest absolute Gasteiger partial charge is 0.260 e. The Bertz CT molecular complexity index is 1270. The van der Waals surface area contributed by atoms with E-state index >= 15 is 0 Å². The molecule has 1 aliphatic heterocycles. The summed E-state index contributed by atoms with van der Waals surface area (Å²) in [7, 11) is 0. The van der Waals surface area contributed by atoms with Gasteiger partial charge in [-0.25, -0.2) is 4.99 Å². The van der Waals surface area contributed by atoms with Gasteiger partial charge in [-0.05, 0) is 34.9 Å². The molecule has 1 heterocycles. The Labute approximate surface area is 199 Å². The molecule has 34 heavy (non-hydrogen) atoms. The third kappa shape index (κ3) is 3.71. The van der Waals surface area contributed by atoms with Crippen LogP contribution in [-0.4, -0.2) is 34.9 Å². The van der Waals surface area contributed by atoms with E-state index in [1.165, 1.54) is 0 Å². The highest BCUT2D eigenvalue weighted by molar-refractivity contribution is 7.96. The summed E-state index contributed by atoms with van der Waals surface area (Å²) in [6.45, 7) is -2.85. The van der Waals surface area contributed by atoms with E-state index < -0.39 is 12.7 Å². The number of aliphatic imine (C=N–C) groups is 1. The maximum Gasteiger partial charge on any atom is 0.260 e. The zero-order valence-electron chi connectivity index (χ0n) is 18.5. The van der Waals surface area contributed by atoms with Crippen LogP contribution in [0.1, 0.15) is 5.56 Å². The van der Waals surface area contributed by atoms with Crippen LogP contribution in [0.5, 0.6) is 0 Å². The highest BCUT2D eigenvalue weighted by Crippen LogP contribution is 2.48. The van der Waals surface area contributed by atoms with Crippen LogP contribution < -0.4 is 15.9 Å². The number of benzene rings is 4. The lowest BCUT2D eigenvalue weighted by atomic mass is 10.2. The molecule has 5 heteroatoms. The minimum Gasteiger partial charge on any atom is -0.439 e. The minimum atomic E-state index is -2.80. The molecule has 1 unspecified atom stereocenters. The largest absolute Gasteiger partial charge is 0.439 e. The molecule has 168 valence electrons. The Morgan fingerprint density at radius 3 is 1.56 bits per heavy atom. The third-order valence-corrected chi connectivity index (χ3v) is 10.4. The maximum absolute atomic E-state index is 13.0. The van der Waals surface area contributed by atoms with Gasteiger partial charge in [0.1, 0.15) is 6.54 Å². The van der Waals surface area contributed by atoms with Gasteiger partial charge in [-0.1, -0.05) is 109 Å². The molecule has 0 saturated carbocycles. The number of nitrogens with zero attached hydrogens (tertiary/aromatic N) is 1. The summed E-state index contributed by atoms with van der Waals surface area (Å²) in [6.07, 6.45) is 0.782. The van der Waals surface area contributed by atoms with Crippen molar-refractivity contribution in [1.82, 2.24) is 0 Å². The first-order chi connectivity index (χ1) is 16.7. The summed E-state index contributed by atoms with van der Waals surface area (Å²) in [6, 6.07) is 39.2. The first-order valence-corrected chi connectivity index (χ1v) is 12.9. The first kappa shape index (κ1) is 22.1. The Hall–Kier alpha value is -3.72. The lowest BCUT2D eigenvalue weighted by Gasteiger charge is -2.35. The number of hydrogen-bond acceptors (Lipinski definition) is 4. The third-order valence-electron chi connectivity index (χ3n) is 6.03. The molecule has 0 radical (unpaired) electrons. The first-order valence-electron chi connectivity index (χ1n) is 11.1. The van der Waals surface area contributed by atoms with Gasteiger partial charge in [0.15, 0.2) is 6.29 Å². The van der Waals surface area contributed by atoms with E-state index in [0.717, 1.165) is 27.8 Å². The summed E-state index contributed by atoms with van der Waals surface area (Å²) in [5.74, 6) is -1.54. The predicted octanol–water partition coefficient (Wildman–Crippen LogP) is 3.52. The van der Waals surface area contributed by atoms with Crippen molar-refractivity contribution in [2.45, 2.75) is 5.79 Å². The molecule has 4 aromatic rings. The summed E-state index contributed by atoms with van der Waals surface area (Å²) >= 11 is 0. The maximum atomic E-state index is 13.0. The van der Waals surface area contributed by atoms with E-state index in [1.807, 2.05) is 121 Å². The van der Waals surface area contributed by atoms with Crippen LogP contribution in [0.25, 0.3) is 0 Å². The van der Waals surface area contributed by atoms with Gasteiger partial charge in [-0.2, -0.15) is 0 Å². The van der Waals surface area contributed by atoms with Crippen LogP contribution in [0.3, 0.4) is 0 Å². The number of aldehydes is 1. The molecule has 1 aliphatic rings. The van der Waals surface area contributed by atoms with Crippen molar-refractivity contribution in [3.63, 3.8) is 0 Å². The molecule has 0 saturated heterocycles. The second-order valence-corrected chi connectivity index (χ2v) is 11.4. The lowest BCUT2D eigenvalue weighted by molar-refractivity contribution is -0.106. The number of rotatable bonds is 6. The van der Waals surface area contributed by atoms with Gasteiger partial charge in [0, 0.05) is 5.56 Å². The molecule has 1 atom stereocenters. The Morgan fingerprint density at radius 1 is 0.735 bits per heavy atom. The van der Waals surface area contributed by atoms with Crippen LogP contribution in [0.4, 0.5) is 0 Å². The van der Waals surface area contributed by atoms with Gasteiger partial charge in [0.2, 0.25) is 5.90 Å². The monoisotopic (exact) mass is 465 g/mol. The molecular formula is C29H24NO3P. The average Bonchev–Trinajstić information content (AvgIpc) is 3.32. The molecule has 0 fully saturated rings. The number of carbonyl (C=O) groups excluding carboxylic acids is 1. The summed E-state index contributed by atoms with van der Waals surface area (Å²) in [5, 5.41) is 15.1. The normalized spacial score (nSPS) is 17.5. The van der Waals surface area contributed by atoms with Crippen LogP contribution in [-0.2, 0) is 9.53 Å². The van der Waals surface area contributed by atoms with Crippen LogP contribution in [0.15, 0.2) is 126 Å². The van der Waals surface area contributed by atoms with E-state index in [1.54, 1.807) is 0 Å². The van der Waals surface area contributed by atoms with E-state index in [4.69, 9.17) is 4.74 Å². The van der Waals surface area contributed by atoms with Crippen molar-refractivity contribution in [2.75, 3.05) is 6.54 Å². The SMILES string of the molecule is O=CC(C1(O)CN=C(c2ccccc2)O1)=P(c1ccccc1)(c1ccccc1)c1ccccc1. The highest BCUT2D eigenvalue weighted by Gasteiger charge is 2.46. The molecule has 4 aromatic carbocycles. The van der Waals surface area contributed by atoms with Crippen molar-refractivity contribution in [3.05, 3.63) is 127 Å². The average molecular weight is 465 g/mol. The van der Waals surface area contributed by atoms with E-state index in [0.29, 0.717) is 11.2 Å². The van der Waals surface area contributed by atoms with E-state index in [-0.39, 0.29) is 6.54 Å². The zero-order chi connectivity index (χ0) is 23.4. The Kier molecular flexibility index (Phi) is 6.02. The van der Waals surface area contributed by atoms with E-state index in [2.05, 4.69) is 4.99 Å². The van der Waals surface area contributed by atoms with Crippen LogP contribution in [0, 0.1) is 0 Å². The second-order valence-electron chi connectivity index (χ2n) is 8.05. The minimum absolute atomic E-state index is 0.0560. The number of aliphatic hydroxyl groups is 1. The van der Waals surface area contributed by atoms with Gasteiger partial charge in [-0.15, -0.1) is 0 Å². The topological polar surface area (TPSA) is 58.9 Å². The fraction of sp³-hybridized carbons (Fsp3) is 0.0690. The van der Waals surface area contributed by atoms with Crippen molar-refractivity contribution in [3.8, 4) is 0 Å². The number of ether oxygens (including phenoxy) is 1. The summed E-state index contributed by atoms with van der Waals surface area (Å²) < 4.78 is 6.12. The van der Waals surface area contributed by atoms with Crippen LogP contribution in [0.2, 0.25) is 0 Å². The molecule has 0 spiro atoms. The van der Waals surface area contributed by atoms with Gasteiger partial charge in [0.25, 0.3) is 5.79 Å². The Morgan fingerprint density at radius 2 is 1.15 bits per heavy atom. The summed E-state index contributed by atoms with van der Waals surface area (Å²) in [5.41, 5.74) is 0.756. The Balaban J connectivity index is 1.84. The number of carbonyl (C=O) groups is 1. The molecule has 5 rings (SSSR count). The van der Waals surface area contributed by atoms with Crippen LogP contribution >= 0.6 is 6.89 Å². The van der Waals surface area contributed by atoms with Crippen molar-refractivity contribution < 1.29 is 14.6 Å². The van der Waals surface area contributed by atoms with Crippen molar-refractivity contribution in [1.29, 1.82) is 0 Å². The van der Waals surface area contributed by atoms with Crippen molar-refractivity contribution >= 4 is 40.3 Å². The second kappa shape index (κ2) is 9.26. The quantitative estimate of drug-likeness (QED) is 0.350. The highest BCUT2D eigenvalue weighted by atomic mass is 31.2. The van der Waals surface area contributed by atoms with Gasteiger partial charge < -0.3 is 9.84 Å². The fourth-order valence-electron chi connectivity index (χ4n) is 4.52. The molecule has 0 amide bonds. The van der Waals surface area contributed by atoms with Gasteiger partial charge in [0.05, 0.1) is 5.29 Å². The molecular weight excluding hydrogens is 441 g/mol. The standard InChI is InChI=1S/C29H24NO3P/c31-21-27(29(32)22-30-28(33-29)23-13-5-1-6-14-23)34(24-15-7-2-8-16-24,25-17-9-3-10-18-25)26-19-11-4-12-20-26/h1-21,32H,22H2. The predicted molar refractivity (Wildman–Crippen MR) is 140 cm³/mol. The molecule has 0 aromatic heterocycles. The van der Waals surface area contributed by atoms with E-state index in [9.17, 15) is 9.90 Å².